The zero-order chi connectivity index (χ0) is 24.0. The lowest BCUT2D eigenvalue weighted by Gasteiger charge is -2.20. The molecule has 33 heavy (non-hydrogen) atoms. The monoisotopic (exact) mass is 466 g/mol. The molecule has 0 aromatic heterocycles. The molecule has 2 N–H and O–H groups in total. The maximum atomic E-state index is 13.4. The Bertz CT molecular complexity index is 1190. The first-order valence-electron chi connectivity index (χ1n) is 10.8. The lowest BCUT2D eigenvalue weighted by atomic mass is 10.0. The van der Waals surface area contributed by atoms with E-state index in [1.165, 1.54) is 7.11 Å². The Labute approximate surface area is 196 Å². The van der Waals surface area contributed by atoms with Crippen LogP contribution in [0.2, 0.25) is 0 Å². The number of rotatable bonds is 9. The lowest BCUT2D eigenvalue weighted by molar-refractivity contribution is -0.117. The molecule has 6 nitrogen and oxygen atoms in total. The molecule has 0 radical (unpaired) electrons. The first-order valence-corrected chi connectivity index (χ1v) is 12.3. The summed E-state index contributed by atoms with van der Waals surface area (Å²) in [6.45, 7) is 5.92. The molecule has 0 fully saturated rings. The highest BCUT2D eigenvalue weighted by Gasteiger charge is 2.29. The van der Waals surface area contributed by atoms with E-state index < -0.39 is 22.0 Å². The van der Waals surface area contributed by atoms with Crippen LogP contribution in [0, 0.1) is 6.92 Å². The summed E-state index contributed by atoms with van der Waals surface area (Å²) in [4.78, 5) is 13.2. The Morgan fingerprint density at radius 3 is 2.24 bits per heavy atom. The Morgan fingerprint density at radius 2 is 1.64 bits per heavy atom. The second kappa shape index (κ2) is 10.6. The average molecular weight is 467 g/mol. The third kappa shape index (κ3) is 6.43. The highest BCUT2D eigenvalue weighted by Crippen LogP contribution is 2.28. The highest BCUT2D eigenvalue weighted by atomic mass is 32.2. The van der Waals surface area contributed by atoms with Crippen molar-refractivity contribution >= 4 is 21.6 Å². The number of amides is 1. The number of sulfonamides is 1. The molecule has 3 aromatic rings. The third-order valence-electron chi connectivity index (χ3n) is 5.36. The first kappa shape index (κ1) is 24.5. The molecule has 0 heterocycles. The van der Waals surface area contributed by atoms with Gasteiger partial charge in [0.05, 0.1) is 7.11 Å². The van der Waals surface area contributed by atoms with Gasteiger partial charge in [0.2, 0.25) is 15.9 Å². The summed E-state index contributed by atoms with van der Waals surface area (Å²) in [7, 11) is -2.63. The minimum atomic E-state index is -4.06. The van der Waals surface area contributed by atoms with Gasteiger partial charge in [-0.1, -0.05) is 67.9 Å². The van der Waals surface area contributed by atoms with Gasteiger partial charge in [0.25, 0.3) is 0 Å². The summed E-state index contributed by atoms with van der Waals surface area (Å²) in [5.41, 5.74) is 3.36. The summed E-state index contributed by atoms with van der Waals surface area (Å²) >= 11 is 0. The zero-order valence-corrected chi connectivity index (χ0v) is 20.1. The summed E-state index contributed by atoms with van der Waals surface area (Å²) in [6.07, 6.45) is 0.198. The number of anilines is 1. The molecule has 0 spiro atoms. The Hall–Kier alpha value is -3.16. The molecule has 7 heteroatoms. The number of carbonyl (C=O) groups excluding carboxylic acids is 1. The third-order valence-corrected chi connectivity index (χ3v) is 6.85. The van der Waals surface area contributed by atoms with E-state index in [-0.39, 0.29) is 23.0 Å². The minimum Gasteiger partial charge on any atom is -0.495 e. The zero-order valence-electron chi connectivity index (χ0n) is 19.3. The van der Waals surface area contributed by atoms with Crippen LogP contribution < -0.4 is 14.8 Å². The fourth-order valence-corrected chi connectivity index (χ4v) is 4.82. The predicted octanol–water partition coefficient (Wildman–Crippen LogP) is 4.66. The van der Waals surface area contributed by atoms with Crippen LogP contribution in [-0.2, 0) is 21.2 Å². The Balaban J connectivity index is 1.94. The molecule has 3 rings (SSSR count). The van der Waals surface area contributed by atoms with E-state index in [9.17, 15) is 13.2 Å². The molecule has 1 amide bonds. The van der Waals surface area contributed by atoms with Gasteiger partial charge in [0.15, 0.2) is 0 Å². The fourth-order valence-electron chi connectivity index (χ4n) is 3.42. The van der Waals surface area contributed by atoms with E-state index in [1.807, 2.05) is 69.3 Å². The van der Waals surface area contributed by atoms with Crippen LogP contribution in [0.3, 0.4) is 0 Å². The first-order chi connectivity index (χ1) is 15.7. The largest absolute Gasteiger partial charge is 0.495 e. The van der Waals surface area contributed by atoms with Gasteiger partial charge in [0.1, 0.15) is 16.7 Å². The predicted molar refractivity (Wildman–Crippen MR) is 131 cm³/mol. The number of benzene rings is 3. The number of methoxy groups -OCH3 is 1. The van der Waals surface area contributed by atoms with Gasteiger partial charge >= 0.3 is 0 Å². The van der Waals surface area contributed by atoms with Crippen molar-refractivity contribution in [2.24, 2.45) is 0 Å². The van der Waals surface area contributed by atoms with Crippen molar-refractivity contribution < 1.29 is 17.9 Å². The van der Waals surface area contributed by atoms with Gasteiger partial charge in [-0.3, -0.25) is 4.79 Å². The van der Waals surface area contributed by atoms with Gasteiger partial charge in [-0.15, -0.1) is 0 Å². The Kier molecular flexibility index (Phi) is 7.89. The number of hydrogen-bond donors (Lipinski definition) is 2. The molecule has 1 atom stereocenters. The normalized spacial score (nSPS) is 12.4. The van der Waals surface area contributed by atoms with Gasteiger partial charge in [-0.25, -0.2) is 8.42 Å². The van der Waals surface area contributed by atoms with Crippen molar-refractivity contribution in [1.29, 1.82) is 0 Å². The number of carbonyl (C=O) groups is 1. The molecule has 0 aliphatic rings. The van der Waals surface area contributed by atoms with Gasteiger partial charge in [-0.05, 0) is 54.7 Å². The summed E-state index contributed by atoms with van der Waals surface area (Å²) in [6, 6.07) is 20.7. The molecule has 174 valence electrons. The molecule has 0 saturated carbocycles. The van der Waals surface area contributed by atoms with E-state index in [1.54, 1.807) is 24.3 Å². The van der Waals surface area contributed by atoms with Crippen LogP contribution in [0.15, 0.2) is 77.7 Å². The van der Waals surface area contributed by atoms with E-state index >= 15 is 0 Å². The van der Waals surface area contributed by atoms with Crippen molar-refractivity contribution in [2.45, 2.75) is 44.0 Å². The smallest absolute Gasteiger partial charge is 0.245 e. The molecule has 0 aliphatic heterocycles. The van der Waals surface area contributed by atoms with Crippen LogP contribution in [0.1, 0.15) is 36.5 Å². The molecule has 3 aromatic carbocycles. The van der Waals surface area contributed by atoms with E-state index in [0.29, 0.717) is 5.69 Å². The number of hydrogen-bond acceptors (Lipinski definition) is 4. The fraction of sp³-hybridized carbons (Fsp3) is 0.269. The summed E-state index contributed by atoms with van der Waals surface area (Å²) in [5, 5.41) is 2.82. The van der Waals surface area contributed by atoms with Crippen molar-refractivity contribution in [3.63, 3.8) is 0 Å². The van der Waals surface area contributed by atoms with Gasteiger partial charge in [0, 0.05) is 5.69 Å². The quantitative estimate of drug-likeness (QED) is 0.481. The van der Waals surface area contributed by atoms with E-state index in [2.05, 4.69) is 10.0 Å². The standard InChI is InChI=1S/C26H30N2O4S/c1-18(2)21-12-15-24(32-4)25(17-21)33(30,31)28-23(16-20-8-6-5-7-9-20)26(29)27-22-13-10-19(3)11-14-22/h5-15,17-18,23,28H,16H2,1-4H3,(H,27,29). The molecule has 0 aliphatic carbocycles. The summed E-state index contributed by atoms with van der Waals surface area (Å²) < 4.78 is 34.8. The van der Waals surface area contributed by atoms with Crippen molar-refractivity contribution in [3.05, 3.63) is 89.5 Å². The molecular formula is C26H30N2O4S. The van der Waals surface area contributed by atoms with Crippen LogP contribution in [0.25, 0.3) is 0 Å². The molecular weight excluding hydrogens is 436 g/mol. The van der Waals surface area contributed by atoms with Crippen LogP contribution in [-0.4, -0.2) is 27.5 Å². The van der Waals surface area contributed by atoms with E-state index in [0.717, 1.165) is 16.7 Å². The molecule has 1 unspecified atom stereocenters. The highest BCUT2D eigenvalue weighted by molar-refractivity contribution is 7.89. The van der Waals surface area contributed by atoms with E-state index in [4.69, 9.17) is 4.74 Å². The topological polar surface area (TPSA) is 84.5 Å². The molecule has 0 saturated heterocycles. The second-order valence-electron chi connectivity index (χ2n) is 8.28. The van der Waals surface area contributed by atoms with Crippen LogP contribution >= 0.6 is 0 Å². The Morgan fingerprint density at radius 1 is 0.970 bits per heavy atom. The van der Waals surface area contributed by atoms with Crippen LogP contribution in [0.5, 0.6) is 5.75 Å². The number of aryl methyl sites for hydroxylation is 1. The average Bonchev–Trinajstić information content (AvgIpc) is 2.80. The minimum absolute atomic E-state index is 0.0115. The maximum absolute atomic E-state index is 13.4. The number of ether oxygens (including phenoxy) is 1. The molecule has 0 bridgehead atoms. The lowest BCUT2D eigenvalue weighted by Crippen LogP contribution is -2.45. The second-order valence-corrected chi connectivity index (χ2v) is 9.97. The van der Waals surface area contributed by atoms with Gasteiger partial charge < -0.3 is 10.1 Å². The van der Waals surface area contributed by atoms with Crippen molar-refractivity contribution in [3.8, 4) is 5.75 Å². The SMILES string of the molecule is COc1ccc(C(C)C)cc1S(=O)(=O)NC(Cc1ccccc1)C(=O)Nc1ccc(C)cc1. The summed E-state index contributed by atoms with van der Waals surface area (Å²) in [5.74, 6) is -0.0793. The maximum Gasteiger partial charge on any atom is 0.245 e. The van der Waals surface area contributed by atoms with Crippen molar-refractivity contribution in [1.82, 2.24) is 4.72 Å². The van der Waals surface area contributed by atoms with Crippen molar-refractivity contribution in [2.75, 3.05) is 12.4 Å². The van der Waals surface area contributed by atoms with Gasteiger partial charge in [-0.2, -0.15) is 4.72 Å². The number of nitrogens with one attached hydrogen (secondary N) is 2. The van der Waals surface area contributed by atoms with Crippen LogP contribution in [0.4, 0.5) is 5.69 Å².